The third-order valence-electron chi connectivity index (χ3n) is 2.73. The van der Waals surface area contributed by atoms with Crippen LogP contribution in [0.15, 0.2) is 18.2 Å². The fraction of sp³-hybridized carbons (Fsp3) is 0.538. The van der Waals surface area contributed by atoms with Crippen LogP contribution >= 0.6 is 11.6 Å². The molecule has 0 aromatic heterocycles. The summed E-state index contributed by atoms with van der Waals surface area (Å²) in [6.45, 7) is 4.86. The number of ether oxygens (including phenoxy) is 1. The van der Waals surface area contributed by atoms with Crippen LogP contribution in [-0.4, -0.2) is 19.8 Å². The number of benzene rings is 1. The number of methoxy groups -OCH3 is 1. The van der Waals surface area contributed by atoms with E-state index in [1.807, 2.05) is 6.92 Å². The highest BCUT2D eigenvalue weighted by Crippen LogP contribution is 2.21. The van der Waals surface area contributed by atoms with Gasteiger partial charge in [0, 0.05) is 25.8 Å². The molecule has 1 aromatic rings. The van der Waals surface area contributed by atoms with Crippen molar-refractivity contribution in [2.45, 2.75) is 32.4 Å². The fourth-order valence-electron chi connectivity index (χ4n) is 1.68. The van der Waals surface area contributed by atoms with E-state index in [1.54, 1.807) is 19.2 Å². The summed E-state index contributed by atoms with van der Waals surface area (Å²) >= 11 is 5.76. The highest BCUT2D eigenvalue weighted by atomic mass is 35.5. The van der Waals surface area contributed by atoms with Crippen molar-refractivity contribution in [1.82, 2.24) is 5.32 Å². The third kappa shape index (κ3) is 4.62. The van der Waals surface area contributed by atoms with Crippen molar-refractivity contribution in [3.05, 3.63) is 34.6 Å². The first-order chi connectivity index (χ1) is 8.04. The molecule has 2 unspecified atom stereocenters. The molecule has 1 rings (SSSR count). The monoisotopic (exact) mass is 259 g/mol. The topological polar surface area (TPSA) is 21.3 Å². The Morgan fingerprint density at radius 3 is 2.71 bits per heavy atom. The maximum atomic E-state index is 13.0. The molecule has 0 aliphatic carbocycles. The lowest BCUT2D eigenvalue weighted by Crippen LogP contribution is -2.29. The van der Waals surface area contributed by atoms with Crippen LogP contribution in [-0.2, 0) is 4.74 Å². The van der Waals surface area contributed by atoms with Crippen molar-refractivity contribution in [3.63, 3.8) is 0 Å². The zero-order valence-corrected chi connectivity index (χ0v) is 11.2. The molecule has 0 aliphatic heterocycles. The summed E-state index contributed by atoms with van der Waals surface area (Å²) in [5.74, 6) is -0.380. The molecule has 0 radical (unpaired) electrons. The first-order valence-corrected chi connectivity index (χ1v) is 6.12. The van der Waals surface area contributed by atoms with E-state index >= 15 is 0 Å². The predicted octanol–water partition coefficient (Wildman–Crippen LogP) is 3.55. The van der Waals surface area contributed by atoms with E-state index < -0.39 is 0 Å². The molecule has 0 amide bonds. The van der Waals surface area contributed by atoms with Crippen molar-refractivity contribution in [2.24, 2.45) is 0 Å². The fourth-order valence-corrected chi connectivity index (χ4v) is 1.87. The maximum Gasteiger partial charge on any atom is 0.141 e. The van der Waals surface area contributed by atoms with Gasteiger partial charge < -0.3 is 10.1 Å². The lowest BCUT2D eigenvalue weighted by atomic mass is 10.1. The van der Waals surface area contributed by atoms with Crippen molar-refractivity contribution in [3.8, 4) is 0 Å². The second-order valence-electron chi connectivity index (χ2n) is 4.24. The smallest absolute Gasteiger partial charge is 0.141 e. The summed E-state index contributed by atoms with van der Waals surface area (Å²) in [6.07, 6.45) is 0.940. The van der Waals surface area contributed by atoms with Crippen LogP contribution in [0.25, 0.3) is 0 Å². The molecule has 0 aliphatic rings. The molecule has 0 fully saturated rings. The van der Waals surface area contributed by atoms with E-state index in [0.717, 1.165) is 18.6 Å². The number of hydrogen-bond acceptors (Lipinski definition) is 2. The molecular weight excluding hydrogens is 241 g/mol. The number of halogens is 2. The van der Waals surface area contributed by atoms with Gasteiger partial charge in [-0.05, 0) is 38.0 Å². The minimum Gasteiger partial charge on any atom is -0.385 e. The van der Waals surface area contributed by atoms with Gasteiger partial charge in [-0.25, -0.2) is 4.39 Å². The highest BCUT2D eigenvalue weighted by molar-refractivity contribution is 6.30. The maximum absolute atomic E-state index is 13.0. The molecule has 1 N–H and O–H groups in total. The van der Waals surface area contributed by atoms with Gasteiger partial charge in [-0.1, -0.05) is 17.7 Å². The molecule has 0 bridgehead atoms. The van der Waals surface area contributed by atoms with Crippen LogP contribution in [0.1, 0.15) is 31.9 Å². The molecule has 2 nitrogen and oxygen atoms in total. The summed E-state index contributed by atoms with van der Waals surface area (Å²) in [5.41, 5.74) is 0.987. The van der Waals surface area contributed by atoms with Gasteiger partial charge in [-0.2, -0.15) is 0 Å². The van der Waals surface area contributed by atoms with Crippen molar-refractivity contribution >= 4 is 11.6 Å². The Balaban J connectivity index is 2.57. The van der Waals surface area contributed by atoms with Gasteiger partial charge >= 0.3 is 0 Å². The van der Waals surface area contributed by atoms with Gasteiger partial charge in [0.2, 0.25) is 0 Å². The predicted molar refractivity (Wildman–Crippen MR) is 68.9 cm³/mol. The van der Waals surface area contributed by atoms with Crippen LogP contribution in [0.5, 0.6) is 0 Å². The zero-order chi connectivity index (χ0) is 12.8. The van der Waals surface area contributed by atoms with E-state index in [9.17, 15) is 4.39 Å². The molecule has 2 atom stereocenters. The van der Waals surface area contributed by atoms with Crippen LogP contribution in [0.2, 0.25) is 5.02 Å². The van der Waals surface area contributed by atoms with Crippen molar-refractivity contribution in [1.29, 1.82) is 0 Å². The van der Waals surface area contributed by atoms with Crippen molar-refractivity contribution in [2.75, 3.05) is 13.7 Å². The third-order valence-corrected chi connectivity index (χ3v) is 3.02. The summed E-state index contributed by atoms with van der Waals surface area (Å²) < 4.78 is 18.0. The largest absolute Gasteiger partial charge is 0.385 e. The molecule has 0 spiro atoms. The van der Waals surface area contributed by atoms with Crippen LogP contribution < -0.4 is 5.32 Å². The van der Waals surface area contributed by atoms with Crippen molar-refractivity contribution < 1.29 is 9.13 Å². The zero-order valence-electron chi connectivity index (χ0n) is 10.5. The van der Waals surface area contributed by atoms with Crippen LogP contribution in [0.3, 0.4) is 0 Å². The molecule has 17 heavy (non-hydrogen) atoms. The minimum atomic E-state index is -0.380. The number of hydrogen-bond donors (Lipinski definition) is 1. The second-order valence-corrected chi connectivity index (χ2v) is 4.65. The van der Waals surface area contributed by atoms with Gasteiger partial charge in [-0.15, -0.1) is 0 Å². The Labute approximate surface area is 107 Å². The van der Waals surface area contributed by atoms with Crippen LogP contribution in [0.4, 0.5) is 4.39 Å². The number of nitrogens with one attached hydrogen (secondary N) is 1. The lowest BCUT2D eigenvalue weighted by Gasteiger charge is -2.20. The highest BCUT2D eigenvalue weighted by Gasteiger charge is 2.11. The molecular formula is C13H19ClFNO. The van der Waals surface area contributed by atoms with E-state index in [0.29, 0.717) is 6.04 Å². The van der Waals surface area contributed by atoms with Gasteiger partial charge in [0.1, 0.15) is 5.82 Å². The Hall–Kier alpha value is -0.640. The summed E-state index contributed by atoms with van der Waals surface area (Å²) in [7, 11) is 1.69. The van der Waals surface area contributed by atoms with E-state index in [4.69, 9.17) is 16.3 Å². The second kappa shape index (κ2) is 6.94. The van der Waals surface area contributed by atoms with Crippen LogP contribution in [0, 0.1) is 5.82 Å². The quantitative estimate of drug-likeness (QED) is 0.844. The standard InChI is InChI=1S/C13H19ClFNO/c1-9(6-7-17-3)16-10(2)11-4-5-13(15)12(14)8-11/h4-5,8-10,16H,6-7H2,1-3H3. The molecule has 4 heteroatoms. The Kier molecular flexibility index (Phi) is 5.89. The average Bonchev–Trinajstić information content (AvgIpc) is 2.30. The van der Waals surface area contributed by atoms with E-state index in [-0.39, 0.29) is 16.9 Å². The Morgan fingerprint density at radius 2 is 2.12 bits per heavy atom. The van der Waals surface area contributed by atoms with E-state index in [2.05, 4.69) is 12.2 Å². The van der Waals surface area contributed by atoms with E-state index in [1.165, 1.54) is 6.07 Å². The first-order valence-electron chi connectivity index (χ1n) is 5.74. The SMILES string of the molecule is COCCC(C)NC(C)c1ccc(F)c(Cl)c1. The summed E-state index contributed by atoms with van der Waals surface area (Å²) in [4.78, 5) is 0. The van der Waals surface area contributed by atoms with Gasteiger partial charge in [0.05, 0.1) is 5.02 Å². The van der Waals surface area contributed by atoms with Gasteiger partial charge in [0.25, 0.3) is 0 Å². The molecule has 0 saturated carbocycles. The Morgan fingerprint density at radius 1 is 1.41 bits per heavy atom. The Bertz CT molecular complexity index is 359. The molecule has 0 saturated heterocycles. The minimum absolute atomic E-state index is 0.139. The molecule has 1 aromatic carbocycles. The average molecular weight is 260 g/mol. The number of rotatable bonds is 6. The summed E-state index contributed by atoms with van der Waals surface area (Å²) in [6, 6.07) is 5.29. The normalized spacial score (nSPS) is 14.6. The first kappa shape index (κ1) is 14.4. The van der Waals surface area contributed by atoms with Gasteiger partial charge in [-0.3, -0.25) is 0 Å². The summed E-state index contributed by atoms with van der Waals surface area (Å²) in [5, 5.41) is 3.58. The molecule has 96 valence electrons. The van der Waals surface area contributed by atoms with Gasteiger partial charge in [0.15, 0.2) is 0 Å². The lowest BCUT2D eigenvalue weighted by molar-refractivity contribution is 0.183. The molecule has 0 heterocycles.